The lowest BCUT2D eigenvalue weighted by atomic mass is 10.2. The topological polar surface area (TPSA) is 78.9 Å². The van der Waals surface area contributed by atoms with Crippen LogP contribution in [0.1, 0.15) is 12.8 Å². The number of likely N-dealkylation sites (tertiary alicyclic amines) is 1. The van der Waals surface area contributed by atoms with Crippen LogP contribution in [0, 0.1) is 0 Å². The lowest BCUT2D eigenvalue weighted by molar-refractivity contribution is -0.126. The van der Waals surface area contributed by atoms with Crippen molar-refractivity contribution in [2.75, 3.05) is 20.4 Å². The van der Waals surface area contributed by atoms with Gasteiger partial charge in [0.15, 0.2) is 0 Å². The van der Waals surface area contributed by atoms with Crippen LogP contribution in [0.15, 0.2) is 0 Å². The third kappa shape index (κ3) is 2.35. The molecule has 0 saturated carbocycles. The Morgan fingerprint density at radius 1 is 1.64 bits per heavy atom. The van der Waals surface area contributed by atoms with E-state index in [-0.39, 0.29) is 12.6 Å². The van der Waals surface area contributed by atoms with Gasteiger partial charge in [0.2, 0.25) is 5.91 Å². The molecule has 6 nitrogen and oxygen atoms in total. The first-order valence-electron chi connectivity index (χ1n) is 4.43. The predicted octanol–water partition coefficient (Wildman–Crippen LogP) is -0.151. The molecule has 0 aliphatic carbocycles. The maximum atomic E-state index is 11.4. The van der Waals surface area contributed by atoms with Crippen LogP contribution in [-0.2, 0) is 9.53 Å². The van der Waals surface area contributed by atoms with Gasteiger partial charge in [0.05, 0.1) is 0 Å². The fraction of sp³-hybridized carbons (Fsp3) is 0.750. The summed E-state index contributed by atoms with van der Waals surface area (Å²) in [5, 5.41) is 11.3. The molecule has 0 aromatic carbocycles. The molecular formula is C8H14N2O4. The van der Waals surface area contributed by atoms with E-state index in [1.54, 1.807) is 0 Å². The monoisotopic (exact) mass is 202 g/mol. The van der Waals surface area contributed by atoms with Gasteiger partial charge in [-0.3, -0.25) is 9.69 Å². The molecule has 1 saturated heterocycles. The molecule has 1 fully saturated rings. The number of amides is 2. The normalized spacial score (nSPS) is 20.9. The molecule has 1 unspecified atom stereocenters. The van der Waals surface area contributed by atoms with Crippen LogP contribution in [0.3, 0.4) is 0 Å². The van der Waals surface area contributed by atoms with E-state index in [9.17, 15) is 9.59 Å². The molecule has 0 aromatic heterocycles. The summed E-state index contributed by atoms with van der Waals surface area (Å²) in [7, 11) is 1.46. The van der Waals surface area contributed by atoms with Crippen LogP contribution in [0.5, 0.6) is 0 Å². The fourth-order valence-electron chi connectivity index (χ4n) is 1.53. The van der Waals surface area contributed by atoms with Crippen LogP contribution in [0.25, 0.3) is 0 Å². The summed E-state index contributed by atoms with van der Waals surface area (Å²) in [5.74, 6) is -0.285. The van der Waals surface area contributed by atoms with E-state index in [1.165, 1.54) is 7.11 Å². The second-order valence-electron chi connectivity index (χ2n) is 3.11. The maximum Gasteiger partial charge on any atom is 0.407 e. The third-order valence-electron chi connectivity index (χ3n) is 2.19. The van der Waals surface area contributed by atoms with Crippen molar-refractivity contribution >= 4 is 12.0 Å². The zero-order chi connectivity index (χ0) is 10.6. The molecule has 1 atom stereocenters. The molecule has 80 valence electrons. The van der Waals surface area contributed by atoms with Crippen molar-refractivity contribution in [2.24, 2.45) is 0 Å². The van der Waals surface area contributed by atoms with Gasteiger partial charge in [-0.15, -0.1) is 0 Å². The minimum absolute atomic E-state index is 0.114. The number of hydrogen-bond acceptors (Lipinski definition) is 3. The first-order valence-corrected chi connectivity index (χ1v) is 4.43. The molecule has 6 heteroatoms. The van der Waals surface area contributed by atoms with Crippen LogP contribution >= 0.6 is 0 Å². The molecule has 2 amide bonds. The molecule has 0 spiro atoms. The summed E-state index contributed by atoms with van der Waals surface area (Å²) in [4.78, 5) is 23.3. The summed E-state index contributed by atoms with van der Waals surface area (Å²) < 4.78 is 4.67. The lowest BCUT2D eigenvalue weighted by Gasteiger charge is -2.20. The molecule has 1 aliphatic rings. The summed E-state index contributed by atoms with van der Waals surface area (Å²) in [6.45, 7) is 0.545. The minimum Gasteiger partial charge on any atom is -0.465 e. The molecular weight excluding hydrogens is 188 g/mol. The molecule has 0 bridgehead atoms. The Labute approximate surface area is 81.8 Å². The Hall–Kier alpha value is -1.30. The average molecular weight is 202 g/mol. The summed E-state index contributed by atoms with van der Waals surface area (Å²) >= 11 is 0. The van der Waals surface area contributed by atoms with Crippen molar-refractivity contribution in [2.45, 2.75) is 18.9 Å². The zero-order valence-corrected chi connectivity index (χ0v) is 8.02. The van der Waals surface area contributed by atoms with E-state index in [0.29, 0.717) is 13.0 Å². The standard InChI is InChI=1S/C8H14N2O4/c1-14-5-9-7(11)6-3-2-4-10(6)8(12)13/h6H,2-5H2,1H3,(H,9,11)(H,12,13). The number of methoxy groups -OCH3 is 1. The number of carbonyl (C=O) groups is 2. The number of rotatable bonds is 3. The average Bonchev–Trinajstić information content (AvgIpc) is 2.62. The number of ether oxygens (including phenoxy) is 1. The fourth-order valence-corrected chi connectivity index (χ4v) is 1.53. The number of carboxylic acid groups (broad SMARTS) is 1. The number of carbonyl (C=O) groups excluding carboxylic acids is 1. The van der Waals surface area contributed by atoms with Gasteiger partial charge in [-0.1, -0.05) is 0 Å². The SMILES string of the molecule is COCNC(=O)C1CCCN1C(=O)O. The quantitative estimate of drug-likeness (QED) is 0.624. The smallest absolute Gasteiger partial charge is 0.407 e. The first-order chi connectivity index (χ1) is 6.66. The van der Waals surface area contributed by atoms with E-state index < -0.39 is 12.1 Å². The van der Waals surface area contributed by atoms with Gasteiger partial charge in [-0.25, -0.2) is 4.79 Å². The van der Waals surface area contributed by atoms with Gasteiger partial charge in [0.1, 0.15) is 12.8 Å². The van der Waals surface area contributed by atoms with Crippen molar-refractivity contribution in [1.82, 2.24) is 10.2 Å². The molecule has 1 heterocycles. The first kappa shape index (κ1) is 10.8. The van der Waals surface area contributed by atoms with Crippen LogP contribution in [0.4, 0.5) is 4.79 Å². The van der Waals surface area contributed by atoms with Crippen molar-refractivity contribution < 1.29 is 19.4 Å². The van der Waals surface area contributed by atoms with Gasteiger partial charge in [-0.2, -0.15) is 0 Å². The van der Waals surface area contributed by atoms with Gasteiger partial charge in [0.25, 0.3) is 0 Å². The van der Waals surface area contributed by atoms with Gasteiger partial charge in [0, 0.05) is 13.7 Å². The Morgan fingerprint density at radius 3 is 2.93 bits per heavy atom. The van der Waals surface area contributed by atoms with E-state index in [1.807, 2.05) is 0 Å². The maximum absolute atomic E-state index is 11.4. The molecule has 2 N–H and O–H groups in total. The van der Waals surface area contributed by atoms with E-state index in [4.69, 9.17) is 5.11 Å². The van der Waals surface area contributed by atoms with Crippen molar-refractivity contribution in [3.63, 3.8) is 0 Å². The van der Waals surface area contributed by atoms with Gasteiger partial charge >= 0.3 is 6.09 Å². The van der Waals surface area contributed by atoms with E-state index in [2.05, 4.69) is 10.1 Å². The molecule has 14 heavy (non-hydrogen) atoms. The second kappa shape index (κ2) is 4.80. The van der Waals surface area contributed by atoms with Crippen LogP contribution in [0.2, 0.25) is 0 Å². The van der Waals surface area contributed by atoms with Gasteiger partial charge < -0.3 is 15.2 Å². The summed E-state index contributed by atoms with van der Waals surface area (Å²) in [5.41, 5.74) is 0. The highest BCUT2D eigenvalue weighted by atomic mass is 16.5. The van der Waals surface area contributed by atoms with Gasteiger partial charge in [-0.05, 0) is 12.8 Å². The van der Waals surface area contributed by atoms with Crippen molar-refractivity contribution in [3.05, 3.63) is 0 Å². The zero-order valence-electron chi connectivity index (χ0n) is 8.02. The predicted molar refractivity (Wildman–Crippen MR) is 47.8 cm³/mol. The number of nitrogens with zero attached hydrogens (tertiary/aromatic N) is 1. The Morgan fingerprint density at radius 2 is 2.36 bits per heavy atom. The lowest BCUT2D eigenvalue weighted by Crippen LogP contribution is -2.45. The Kier molecular flexibility index (Phi) is 3.70. The third-order valence-corrected chi connectivity index (χ3v) is 2.19. The number of hydrogen-bond donors (Lipinski definition) is 2. The minimum atomic E-state index is -1.04. The van der Waals surface area contributed by atoms with E-state index in [0.717, 1.165) is 11.3 Å². The van der Waals surface area contributed by atoms with Crippen LogP contribution < -0.4 is 5.32 Å². The molecule has 1 rings (SSSR count). The molecule has 0 radical (unpaired) electrons. The van der Waals surface area contributed by atoms with Crippen molar-refractivity contribution in [1.29, 1.82) is 0 Å². The summed E-state index contributed by atoms with van der Waals surface area (Å²) in [6, 6.07) is -0.553. The van der Waals surface area contributed by atoms with E-state index >= 15 is 0 Å². The highest BCUT2D eigenvalue weighted by Crippen LogP contribution is 2.16. The van der Waals surface area contributed by atoms with Crippen molar-refractivity contribution in [3.8, 4) is 0 Å². The highest BCUT2D eigenvalue weighted by molar-refractivity contribution is 5.85. The largest absolute Gasteiger partial charge is 0.465 e. The molecule has 0 aromatic rings. The second-order valence-corrected chi connectivity index (χ2v) is 3.11. The Balaban J connectivity index is 2.49. The summed E-state index contributed by atoms with van der Waals surface area (Å²) in [6.07, 6.45) is 0.277. The highest BCUT2D eigenvalue weighted by Gasteiger charge is 2.33. The Bertz CT molecular complexity index is 231. The molecule has 1 aliphatic heterocycles. The number of nitrogens with one attached hydrogen (secondary N) is 1. The van der Waals surface area contributed by atoms with Crippen LogP contribution in [-0.4, -0.2) is 48.4 Å².